The van der Waals surface area contributed by atoms with Crippen LogP contribution in [0.1, 0.15) is 12.6 Å². The van der Waals surface area contributed by atoms with Crippen LogP contribution in [0.25, 0.3) is 5.69 Å². The van der Waals surface area contributed by atoms with E-state index in [0.717, 1.165) is 22.3 Å². The van der Waals surface area contributed by atoms with Crippen molar-refractivity contribution in [2.24, 2.45) is 5.73 Å². The second kappa shape index (κ2) is 4.76. The van der Waals surface area contributed by atoms with E-state index in [9.17, 15) is 0 Å². The quantitative estimate of drug-likeness (QED) is 0.935. The van der Waals surface area contributed by atoms with E-state index in [2.05, 4.69) is 26.2 Å². The van der Waals surface area contributed by atoms with Gasteiger partial charge in [-0.05, 0) is 35.0 Å². The highest BCUT2D eigenvalue weighted by atomic mass is 79.9. The average Bonchev–Trinajstić information content (AvgIpc) is 2.66. The summed E-state index contributed by atoms with van der Waals surface area (Å²) < 4.78 is 2.80. The molecule has 0 saturated heterocycles. The molecular formula is C11H13BrN4. The summed E-state index contributed by atoms with van der Waals surface area (Å²) in [5, 5.41) is 8.01. The molecule has 5 heteroatoms. The van der Waals surface area contributed by atoms with Crippen molar-refractivity contribution in [3.8, 4) is 5.69 Å². The molecule has 16 heavy (non-hydrogen) atoms. The van der Waals surface area contributed by atoms with Gasteiger partial charge in [0.05, 0.1) is 17.6 Å². The molecule has 2 N–H and O–H groups in total. The number of nitrogens with two attached hydrogens (primary N) is 1. The minimum atomic E-state index is 0.0970. The van der Waals surface area contributed by atoms with E-state index in [4.69, 9.17) is 5.73 Å². The molecule has 0 saturated carbocycles. The second-order valence-corrected chi connectivity index (χ2v) is 4.62. The SMILES string of the molecule is CC(N)Cc1cnnn1-c1ccccc1Br. The van der Waals surface area contributed by atoms with E-state index in [1.165, 1.54) is 0 Å². The van der Waals surface area contributed by atoms with Gasteiger partial charge in [-0.2, -0.15) is 0 Å². The Morgan fingerprint density at radius 1 is 1.44 bits per heavy atom. The number of nitrogens with zero attached hydrogens (tertiary/aromatic N) is 3. The predicted octanol–water partition coefficient (Wildman–Crippen LogP) is 1.92. The lowest BCUT2D eigenvalue weighted by Crippen LogP contribution is -2.20. The number of rotatable bonds is 3. The molecule has 4 nitrogen and oxygen atoms in total. The Morgan fingerprint density at radius 3 is 2.88 bits per heavy atom. The molecule has 1 aromatic carbocycles. The summed E-state index contributed by atoms with van der Waals surface area (Å²) in [5.74, 6) is 0. The zero-order valence-electron chi connectivity index (χ0n) is 8.97. The third-order valence-electron chi connectivity index (χ3n) is 2.23. The summed E-state index contributed by atoms with van der Waals surface area (Å²) in [5.41, 5.74) is 7.79. The smallest absolute Gasteiger partial charge is 0.0808 e. The van der Waals surface area contributed by atoms with Gasteiger partial charge in [0.1, 0.15) is 0 Å². The maximum atomic E-state index is 5.79. The lowest BCUT2D eigenvalue weighted by Gasteiger charge is -2.09. The first-order valence-electron chi connectivity index (χ1n) is 5.08. The molecule has 0 fully saturated rings. The molecule has 2 aromatic rings. The van der Waals surface area contributed by atoms with E-state index in [1.807, 2.05) is 35.9 Å². The summed E-state index contributed by atoms with van der Waals surface area (Å²) in [4.78, 5) is 0. The van der Waals surface area contributed by atoms with Gasteiger partial charge in [-0.15, -0.1) is 5.10 Å². The fourth-order valence-corrected chi connectivity index (χ4v) is 2.00. The Kier molecular flexibility index (Phi) is 3.36. The van der Waals surface area contributed by atoms with Gasteiger partial charge in [0.25, 0.3) is 0 Å². The number of hydrogen-bond acceptors (Lipinski definition) is 3. The van der Waals surface area contributed by atoms with Gasteiger partial charge < -0.3 is 5.73 Å². The summed E-state index contributed by atoms with van der Waals surface area (Å²) in [6.45, 7) is 1.97. The molecule has 0 aliphatic rings. The van der Waals surface area contributed by atoms with E-state index in [1.54, 1.807) is 6.20 Å². The summed E-state index contributed by atoms with van der Waals surface area (Å²) in [7, 11) is 0. The minimum Gasteiger partial charge on any atom is -0.328 e. The van der Waals surface area contributed by atoms with E-state index in [0.29, 0.717) is 0 Å². The van der Waals surface area contributed by atoms with Gasteiger partial charge in [-0.1, -0.05) is 17.3 Å². The van der Waals surface area contributed by atoms with Crippen LogP contribution in [-0.4, -0.2) is 21.0 Å². The molecule has 0 aliphatic heterocycles. The third kappa shape index (κ3) is 2.31. The first-order chi connectivity index (χ1) is 7.68. The van der Waals surface area contributed by atoms with Crippen LogP contribution in [0.4, 0.5) is 0 Å². The molecular weight excluding hydrogens is 268 g/mol. The van der Waals surface area contributed by atoms with Crippen LogP contribution < -0.4 is 5.73 Å². The first-order valence-corrected chi connectivity index (χ1v) is 5.88. The normalized spacial score (nSPS) is 12.7. The Balaban J connectivity index is 2.41. The number of benzene rings is 1. The van der Waals surface area contributed by atoms with Gasteiger partial charge in [0.15, 0.2) is 0 Å². The zero-order valence-corrected chi connectivity index (χ0v) is 10.6. The Labute approximate surface area is 103 Å². The second-order valence-electron chi connectivity index (χ2n) is 3.77. The molecule has 0 amide bonds. The Bertz CT molecular complexity index is 478. The lowest BCUT2D eigenvalue weighted by molar-refractivity contribution is 0.681. The van der Waals surface area contributed by atoms with Crippen molar-refractivity contribution in [2.75, 3.05) is 0 Å². The Hall–Kier alpha value is -1.20. The van der Waals surface area contributed by atoms with Crippen LogP contribution in [0.2, 0.25) is 0 Å². The van der Waals surface area contributed by atoms with Crippen LogP contribution in [0.5, 0.6) is 0 Å². The van der Waals surface area contributed by atoms with Crippen molar-refractivity contribution in [2.45, 2.75) is 19.4 Å². The fraction of sp³-hybridized carbons (Fsp3) is 0.273. The van der Waals surface area contributed by atoms with Crippen molar-refractivity contribution in [1.82, 2.24) is 15.0 Å². The van der Waals surface area contributed by atoms with E-state index in [-0.39, 0.29) is 6.04 Å². The van der Waals surface area contributed by atoms with Crippen molar-refractivity contribution in [3.05, 3.63) is 40.6 Å². The van der Waals surface area contributed by atoms with Gasteiger partial charge in [0, 0.05) is 16.9 Å². The zero-order chi connectivity index (χ0) is 11.5. The molecule has 84 valence electrons. The highest BCUT2D eigenvalue weighted by molar-refractivity contribution is 9.10. The molecule has 1 unspecified atom stereocenters. The van der Waals surface area contributed by atoms with Crippen molar-refractivity contribution >= 4 is 15.9 Å². The van der Waals surface area contributed by atoms with E-state index >= 15 is 0 Å². The highest BCUT2D eigenvalue weighted by Crippen LogP contribution is 2.20. The molecule has 0 bridgehead atoms. The van der Waals surface area contributed by atoms with E-state index < -0.39 is 0 Å². The number of halogens is 1. The molecule has 0 radical (unpaired) electrons. The van der Waals surface area contributed by atoms with Crippen molar-refractivity contribution in [3.63, 3.8) is 0 Å². The van der Waals surface area contributed by atoms with Crippen LogP contribution >= 0.6 is 15.9 Å². The topological polar surface area (TPSA) is 56.7 Å². The number of hydrogen-bond donors (Lipinski definition) is 1. The summed E-state index contributed by atoms with van der Waals surface area (Å²) in [6, 6.07) is 8.00. The van der Waals surface area contributed by atoms with Gasteiger partial charge >= 0.3 is 0 Å². The maximum Gasteiger partial charge on any atom is 0.0808 e. The first kappa shape index (κ1) is 11.3. The third-order valence-corrected chi connectivity index (χ3v) is 2.90. The van der Waals surface area contributed by atoms with Crippen molar-refractivity contribution < 1.29 is 0 Å². The molecule has 0 aliphatic carbocycles. The molecule has 1 aromatic heterocycles. The van der Waals surface area contributed by atoms with Crippen LogP contribution in [0, 0.1) is 0 Å². The van der Waals surface area contributed by atoms with Crippen LogP contribution in [0.3, 0.4) is 0 Å². The van der Waals surface area contributed by atoms with Crippen molar-refractivity contribution in [1.29, 1.82) is 0 Å². The average molecular weight is 281 g/mol. The van der Waals surface area contributed by atoms with Crippen LogP contribution in [0.15, 0.2) is 34.9 Å². The highest BCUT2D eigenvalue weighted by Gasteiger charge is 2.10. The predicted molar refractivity (Wildman–Crippen MR) is 66.4 cm³/mol. The van der Waals surface area contributed by atoms with Gasteiger partial charge in [-0.3, -0.25) is 0 Å². The summed E-state index contributed by atoms with van der Waals surface area (Å²) in [6.07, 6.45) is 2.51. The standard InChI is InChI=1S/C11H13BrN4/c1-8(13)6-9-7-14-15-16(9)11-5-3-2-4-10(11)12/h2-5,7-8H,6,13H2,1H3. The molecule has 1 heterocycles. The minimum absolute atomic E-state index is 0.0970. The molecule has 1 atom stereocenters. The largest absolute Gasteiger partial charge is 0.328 e. The monoisotopic (exact) mass is 280 g/mol. The molecule has 0 spiro atoms. The maximum absolute atomic E-state index is 5.79. The Morgan fingerprint density at radius 2 is 2.19 bits per heavy atom. The lowest BCUT2D eigenvalue weighted by atomic mass is 10.2. The summed E-state index contributed by atoms with van der Waals surface area (Å²) >= 11 is 3.50. The number of para-hydroxylation sites is 1. The fourth-order valence-electron chi connectivity index (χ4n) is 1.55. The van der Waals surface area contributed by atoms with Crippen LogP contribution in [-0.2, 0) is 6.42 Å². The molecule has 2 rings (SSSR count). The number of aromatic nitrogens is 3. The van der Waals surface area contributed by atoms with Gasteiger partial charge in [0.2, 0.25) is 0 Å². The van der Waals surface area contributed by atoms with Gasteiger partial charge in [-0.25, -0.2) is 4.68 Å².